The Morgan fingerprint density at radius 2 is 1.79 bits per heavy atom. The number of aryl methyl sites for hydroxylation is 1. The summed E-state index contributed by atoms with van der Waals surface area (Å²) in [7, 11) is -3.45. The Kier molecular flexibility index (Phi) is 5.49. The second-order valence-electron chi connectivity index (χ2n) is 5.47. The Morgan fingerprint density at radius 3 is 2.26 bits per heavy atom. The van der Waals surface area contributed by atoms with E-state index in [0.29, 0.717) is 6.61 Å². The van der Waals surface area contributed by atoms with Crippen molar-refractivity contribution < 1.29 is 13.3 Å². The summed E-state index contributed by atoms with van der Waals surface area (Å²) in [5.74, 6) is 4.95. The van der Waals surface area contributed by atoms with E-state index in [1.807, 2.05) is 32.9 Å². The molecule has 108 valence electrons. The zero-order valence-corrected chi connectivity index (χ0v) is 12.5. The highest BCUT2D eigenvalue weighted by Crippen LogP contribution is 2.14. The van der Waals surface area contributed by atoms with Gasteiger partial charge in [-0.25, -0.2) is 19.0 Å². The van der Waals surface area contributed by atoms with Crippen LogP contribution in [0.4, 0.5) is 0 Å². The van der Waals surface area contributed by atoms with Gasteiger partial charge in [-0.2, -0.15) is 0 Å². The predicted octanol–water partition coefficient (Wildman–Crippen LogP) is 1.59. The van der Waals surface area contributed by atoms with E-state index in [9.17, 15) is 8.42 Å². The minimum absolute atomic E-state index is 0.279. The smallest absolute Gasteiger partial charge is 0.241 e. The third-order valence-corrected chi connectivity index (χ3v) is 4.18. The molecule has 19 heavy (non-hydrogen) atoms. The fourth-order valence-corrected chi connectivity index (χ4v) is 3.08. The number of nitrogens with two attached hydrogens (primary N) is 1. The molecular formula is C13H22N2O3S. The maximum Gasteiger partial charge on any atom is 0.241 e. The maximum atomic E-state index is 12.1. The van der Waals surface area contributed by atoms with Crippen LogP contribution in [0.2, 0.25) is 0 Å². The lowest BCUT2D eigenvalue weighted by Crippen LogP contribution is -2.40. The maximum absolute atomic E-state index is 12.1. The van der Waals surface area contributed by atoms with Crippen LogP contribution in [0.1, 0.15) is 32.8 Å². The molecular weight excluding hydrogens is 264 g/mol. The SMILES string of the molecule is CC(C)(C)NS(=O)(=O)c1ccc(CCCON)cc1. The molecule has 0 saturated carbocycles. The summed E-state index contributed by atoms with van der Waals surface area (Å²) in [6, 6.07) is 6.86. The van der Waals surface area contributed by atoms with E-state index in [1.165, 1.54) is 0 Å². The Balaban J connectivity index is 2.75. The Morgan fingerprint density at radius 1 is 1.21 bits per heavy atom. The Bertz CT molecular complexity index is 490. The fourth-order valence-electron chi connectivity index (χ4n) is 1.66. The highest BCUT2D eigenvalue weighted by atomic mass is 32.2. The lowest BCUT2D eigenvalue weighted by Gasteiger charge is -2.20. The van der Waals surface area contributed by atoms with Gasteiger partial charge in [-0.1, -0.05) is 12.1 Å². The quantitative estimate of drug-likeness (QED) is 0.614. The molecule has 0 saturated heterocycles. The standard InChI is InChI=1S/C13H22N2O3S/c1-13(2,3)15-19(16,17)12-8-6-11(7-9-12)5-4-10-18-14/h6-9,15H,4-5,10,14H2,1-3H3. The summed E-state index contributed by atoms with van der Waals surface area (Å²) in [6.07, 6.45) is 1.62. The number of hydrogen-bond donors (Lipinski definition) is 2. The van der Waals surface area contributed by atoms with Crippen molar-refractivity contribution >= 4 is 10.0 Å². The van der Waals surface area contributed by atoms with E-state index in [1.54, 1.807) is 12.1 Å². The molecule has 0 amide bonds. The zero-order valence-electron chi connectivity index (χ0n) is 11.6. The van der Waals surface area contributed by atoms with Crippen LogP contribution in [0, 0.1) is 0 Å². The van der Waals surface area contributed by atoms with Gasteiger partial charge in [0, 0.05) is 5.54 Å². The fraction of sp³-hybridized carbons (Fsp3) is 0.538. The minimum Gasteiger partial charge on any atom is -0.305 e. The van der Waals surface area contributed by atoms with Crippen LogP contribution in [0.15, 0.2) is 29.2 Å². The van der Waals surface area contributed by atoms with Crippen LogP contribution in [0.3, 0.4) is 0 Å². The molecule has 0 heterocycles. The Labute approximate surface area is 115 Å². The van der Waals surface area contributed by atoms with Crippen LogP contribution in [0.5, 0.6) is 0 Å². The second kappa shape index (κ2) is 6.47. The first-order valence-corrected chi connectivity index (χ1v) is 7.67. The first-order valence-electron chi connectivity index (χ1n) is 6.19. The monoisotopic (exact) mass is 286 g/mol. The van der Waals surface area contributed by atoms with Crippen molar-refractivity contribution in [3.05, 3.63) is 29.8 Å². The van der Waals surface area contributed by atoms with Crippen molar-refractivity contribution in [2.24, 2.45) is 5.90 Å². The number of sulfonamides is 1. The third kappa shape index (κ3) is 5.69. The summed E-state index contributed by atoms with van der Waals surface area (Å²) < 4.78 is 26.8. The van der Waals surface area contributed by atoms with E-state index in [4.69, 9.17) is 5.90 Å². The molecule has 1 rings (SSSR count). The largest absolute Gasteiger partial charge is 0.305 e. The summed E-state index contributed by atoms with van der Waals surface area (Å²) in [5, 5.41) is 0. The van der Waals surface area contributed by atoms with Crippen molar-refractivity contribution in [1.82, 2.24) is 4.72 Å². The minimum atomic E-state index is -3.45. The third-order valence-electron chi connectivity index (χ3n) is 2.40. The molecule has 0 bridgehead atoms. The Hall–Kier alpha value is -0.950. The lowest BCUT2D eigenvalue weighted by molar-refractivity contribution is 0.135. The van der Waals surface area contributed by atoms with E-state index in [-0.39, 0.29) is 4.90 Å². The molecule has 0 spiro atoms. The molecule has 1 aromatic carbocycles. The molecule has 0 unspecified atom stereocenters. The first kappa shape index (κ1) is 16.1. The van der Waals surface area contributed by atoms with Crippen LogP contribution < -0.4 is 10.6 Å². The van der Waals surface area contributed by atoms with Gasteiger partial charge in [0.2, 0.25) is 10.0 Å². The van der Waals surface area contributed by atoms with Gasteiger partial charge in [0.15, 0.2) is 0 Å². The van der Waals surface area contributed by atoms with Crippen molar-refractivity contribution in [2.75, 3.05) is 6.61 Å². The van der Waals surface area contributed by atoms with Crippen LogP contribution in [-0.2, 0) is 21.3 Å². The van der Waals surface area contributed by atoms with Gasteiger partial charge in [-0.3, -0.25) is 0 Å². The van der Waals surface area contributed by atoms with Crippen molar-refractivity contribution in [2.45, 2.75) is 44.0 Å². The average molecular weight is 286 g/mol. The number of nitrogens with one attached hydrogen (secondary N) is 1. The summed E-state index contributed by atoms with van der Waals surface area (Å²) in [5.41, 5.74) is 0.572. The molecule has 3 N–H and O–H groups in total. The zero-order chi connectivity index (χ0) is 14.5. The lowest BCUT2D eigenvalue weighted by atomic mass is 10.1. The van der Waals surface area contributed by atoms with E-state index in [0.717, 1.165) is 18.4 Å². The van der Waals surface area contributed by atoms with E-state index < -0.39 is 15.6 Å². The summed E-state index contributed by atoms with van der Waals surface area (Å²) in [4.78, 5) is 4.77. The summed E-state index contributed by atoms with van der Waals surface area (Å²) in [6.45, 7) is 5.93. The van der Waals surface area contributed by atoms with Gasteiger partial charge in [0.05, 0.1) is 11.5 Å². The number of benzene rings is 1. The molecule has 0 fully saturated rings. The molecule has 0 atom stereocenters. The normalized spacial score (nSPS) is 12.6. The molecule has 1 aromatic rings. The molecule has 0 aliphatic carbocycles. The molecule has 6 heteroatoms. The predicted molar refractivity (Wildman–Crippen MR) is 75.0 cm³/mol. The van der Waals surface area contributed by atoms with Crippen LogP contribution in [0.25, 0.3) is 0 Å². The number of hydrogen-bond acceptors (Lipinski definition) is 4. The van der Waals surface area contributed by atoms with Crippen molar-refractivity contribution in [3.63, 3.8) is 0 Å². The van der Waals surface area contributed by atoms with Gasteiger partial charge >= 0.3 is 0 Å². The van der Waals surface area contributed by atoms with E-state index in [2.05, 4.69) is 9.56 Å². The molecule has 0 aromatic heterocycles. The average Bonchev–Trinajstić information content (AvgIpc) is 2.27. The molecule has 5 nitrogen and oxygen atoms in total. The van der Waals surface area contributed by atoms with Gasteiger partial charge in [-0.15, -0.1) is 0 Å². The molecule has 0 radical (unpaired) electrons. The highest BCUT2D eigenvalue weighted by molar-refractivity contribution is 7.89. The van der Waals surface area contributed by atoms with Crippen molar-refractivity contribution in [3.8, 4) is 0 Å². The summed E-state index contributed by atoms with van der Waals surface area (Å²) >= 11 is 0. The number of rotatable bonds is 6. The van der Waals surface area contributed by atoms with Gasteiger partial charge in [0.1, 0.15) is 0 Å². The first-order chi connectivity index (χ1) is 8.74. The van der Waals surface area contributed by atoms with Gasteiger partial charge in [-0.05, 0) is 51.3 Å². The van der Waals surface area contributed by atoms with Crippen molar-refractivity contribution in [1.29, 1.82) is 0 Å². The molecule has 0 aliphatic rings. The van der Waals surface area contributed by atoms with Crippen LogP contribution >= 0.6 is 0 Å². The van der Waals surface area contributed by atoms with Gasteiger partial charge < -0.3 is 4.84 Å². The van der Waals surface area contributed by atoms with Gasteiger partial charge in [0.25, 0.3) is 0 Å². The topological polar surface area (TPSA) is 81.4 Å². The van der Waals surface area contributed by atoms with Crippen LogP contribution in [-0.4, -0.2) is 20.6 Å². The van der Waals surface area contributed by atoms with E-state index >= 15 is 0 Å². The second-order valence-corrected chi connectivity index (χ2v) is 7.16. The molecule has 0 aliphatic heterocycles. The highest BCUT2D eigenvalue weighted by Gasteiger charge is 2.21.